The maximum atomic E-state index is 5.21. The lowest BCUT2D eigenvalue weighted by Crippen LogP contribution is -2.40. The molecule has 1 rings (SSSR count). The zero-order valence-corrected chi connectivity index (χ0v) is 6.26. The van der Waals surface area contributed by atoms with E-state index < -0.39 is 0 Å². The van der Waals surface area contributed by atoms with E-state index >= 15 is 0 Å². The number of likely N-dealkylation sites (N-methyl/N-ethyl adjacent to an activating group) is 1. The minimum atomic E-state index is 0. The average molecular weight is 132 g/mol. The molecular weight excluding hydrogens is 116 g/mol. The van der Waals surface area contributed by atoms with Gasteiger partial charge in [0.15, 0.2) is 0 Å². The van der Waals surface area contributed by atoms with Gasteiger partial charge in [0.25, 0.3) is 0 Å². The van der Waals surface area contributed by atoms with E-state index in [1.807, 2.05) is 0 Å². The molecule has 1 fully saturated rings. The first-order valence-corrected chi connectivity index (χ1v) is 3.08. The lowest BCUT2D eigenvalue weighted by molar-refractivity contribution is 0.0131. The van der Waals surface area contributed by atoms with Gasteiger partial charge in [0.1, 0.15) is 0 Å². The van der Waals surface area contributed by atoms with Gasteiger partial charge in [-0.25, -0.2) is 0 Å². The van der Waals surface area contributed by atoms with E-state index in [9.17, 15) is 0 Å². The van der Waals surface area contributed by atoms with Crippen LogP contribution in [0.4, 0.5) is 0 Å². The molecule has 0 bridgehead atoms. The molecular formula is C6H16N2O. The Hall–Kier alpha value is -0.120. The molecule has 1 unspecified atom stereocenters. The van der Waals surface area contributed by atoms with Gasteiger partial charge in [-0.2, -0.15) is 0 Å². The Morgan fingerprint density at radius 2 is 2.22 bits per heavy atom. The number of hydrogen-bond donors (Lipinski definition) is 1. The molecule has 0 spiro atoms. The summed E-state index contributed by atoms with van der Waals surface area (Å²) in [5.41, 5.74) is 0. The van der Waals surface area contributed by atoms with Crippen molar-refractivity contribution in [3.05, 3.63) is 0 Å². The van der Waals surface area contributed by atoms with Crippen molar-refractivity contribution in [3.63, 3.8) is 0 Å². The largest absolute Gasteiger partial charge is 0.379 e. The minimum absolute atomic E-state index is 0. The monoisotopic (exact) mass is 132 g/mol. The number of ether oxygens (including phenoxy) is 1. The van der Waals surface area contributed by atoms with E-state index in [0.717, 1.165) is 19.8 Å². The fourth-order valence-electron chi connectivity index (χ4n) is 0.810. The maximum absolute atomic E-state index is 5.21. The minimum Gasteiger partial charge on any atom is -0.379 e. The molecule has 56 valence electrons. The van der Waals surface area contributed by atoms with Crippen molar-refractivity contribution in [1.29, 1.82) is 0 Å². The second-order valence-corrected chi connectivity index (χ2v) is 2.40. The van der Waals surface area contributed by atoms with Gasteiger partial charge in [0, 0.05) is 12.6 Å². The molecule has 1 saturated heterocycles. The van der Waals surface area contributed by atoms with E-state index in [4.69, 9.17) is 4.74 Å². The summed E-state index contributed by atoms with van der Waals surface area (Å²) in [7, 11) is 2.13. The molecule has 0 saturated carbocycles. The van der Waals surface area contributed by atoms with Gasteiger partial charge in [-0.15, -0.1) is 0 Å². The molecule has 1 aliphatic heterocycles. The third kappa shape index (κ3) is 2.30. The van der Waals surface area contributed by atoms with Crippen LogP contribution in [-0.4, -0.2) is 37.7 Å². The lowest BCUT2D eigenvalue weighted by Gasteiger charge is -2.29. The topological polar surface area (TPSA) is 47.5 Å². The number of nitrogens with zero attached hydrogens (tertiary/aromatic N) is 1. The molecule has 3 nitrogen and oxygen atoms in total. The third-order valence-corrected chi connectivity index (χ3v) is 1.70. The van der Waals surface area contributed by atoms with Crippen molar-refractivity contribution < 1.29 is 4.74 Å². The zero-order chi connectivity index (χ0) is 5.98. The van der Waals surface area contributed by atoms with E-state index in [1.165, 1.54) is 0 Å². The lowest BCUT2D eigenvalue weighted by atomic mass is 10.3. The van der Waals surface area contributed by atoms with Crippen LogP contribution >= 0.6 is 0 Å². The molecule has 1 atom stereocenters. The molecule has 9 heavy (non-hydrogen) atoms. The van der Waals surface area contributed by atoms with Crippen molar-refractivity contribution in [2.24, 2.45) is 0 Å². The Labute approximate surface area is 56.6 Å². The van der Waals surface area contributed by atoms with Crippen molar-refractivity contribution in [2.45, 2.75) is 13.0 Å². The van der Waals surface area contributed by atoms with Crippen molar-refractivity contribution in [2.75, 3.05) is 26.8 Å². The molecule has 3 heteroatoms. The second-order valence-electron chi connectivity index (χ2n) is 2.40. The van der Waals surface area contributed by atoms with Crippen LogP contribution in [0.25, 0.3) is 0 Å². The summed E-state index contributed by atoms with van der Waals surface area (Å²) < 4.78 is 5.21. The molecule has 0 aliphatic carbocycles. The van der Waals surface area contributed by atoms with Crippen LogP contribution in [0.5, 0.6) is 0 Å². The zero-order valence-electron chi connectivity index (χ0n) is 6.26. The van der Waals surface area contributed by atoms with Gasteiger partial charge >= 0.3 is 0 Å². The third-order valence-electron chi connectivity index (χ3n) is 1.70. The summed E-state index contributed by atoms with van der Waals surface area (Å²) in [4.78, 5) is 2.31. The molecule has 1 heterocycles. The fraction of sp³-hybridized carbons (Fsp3) is 1.00. The normalized spacial score (nSPS) is 29.3. The maximum Gasteiger partial charge on any atom is 0.0619 e. The summed E-state index contributed by atoms with van der Waals surface area (Å²) in [6, 6.07) is 0.615. The van der Waals surface area contributed by atoms with E-state index in [1.54, 1.807) is 0 Å². The van der Waals surface area contributed by atoms with Gasteiger partial charge in [-0.3, -0.25) is 4.90 Å². The number of morpholine rings is 1. The highest BCUT2D eigenvalue weighted by atomic mass is 16.5. The van der Waals surface area contributed by atoms with E-state index in [2.05, 4.69) is 18.9 Å². The van der Waals surface area contributed by atoms with E-state index in [-0.39, 0.29) is 6.15 Å². The van der Waals surface area contributed by atoms with Gasteiger partial charge in [-0.05, 0) is 14.0 Å². The first-order chi connectivity index (χ1) is 3.80. The summed E-state index contributed by atoms with van der Waals surface area (Å²) in [5, 5.41) is 0. The van der Waals surface area contributed by atoms with Crippen molar-refractivity contribution in [1.82, 2.24) is 11.1 Å². The number of rotatable bonds is 0. The summed E-state index contributed by atoms with van der Waals surface area (Å²) in [6.07, 6.45) is 0. The Morgan fingerprint density at radius 3 is 2.56 bits per heavy atom. The second kappa shape index (κ2) is 3.82. The Kier molecular flexibility index (Phi) is 3.77. The summed E-state index contributed by atoms with van der Waals surface area (Å²) >= 11 is 0. The van der Waals surface area contributed by atoms with Crippen LogP contribution in [0, 0.1) is 0 Å². The summed E-state index contributed by atoms with van der Waals surface area (Å²) in [5.74, 6) is 0. The number of hydrogen-bond acceptors (Lipinski definition) is 3. The van der Waals surface area contributed by atoms with Crippen LogP contribution in [0.1, 0.15) is 6.92 Å². The van der Waals surface area contributed by atoms with Gasteiger partial charge in [0.05, 0.1) is 13.2 Å². The van der Waals surface area contributed by atoms with Crippen LogP contribution < -0.4 is 6.15 Å². The van der Waals surface area contributed by atoms with Crippen LogP contribution in [0.2, 0.25) is 0 Å². The molecule has 0 aromatic rings. The predicted octanol–water partition coefficient (Wildman–Crippen LogP) is 0.499. The fourth-order valence-corrected chi connectivity index (χ4v) is 0.810. The van der Waals surface area contributed by atoms with Crippen molar-refractivity contribution >= 4 is 0 Å². The molecule has 0 radical (unpaired) electrons. The quantitative estimate of drug-likeness (QED) is 0.522. The Morgan fingerprint density at radius 1 is 1.56 bits per heavy atom. The SMILES string of the molecule is CC1COCCN1C.N. The first-order valence-electron chi connectivity index (χ1n) is 3.08. The van der Waals surface area contributed by atoms with Gasteiger partial charge < -0.3 is 10.9 Å². The molecule has 1 aliphatic rings. The summed E-state index contributed by atoms with van der Waals surface area (Å²) in [6.45, 7) is 5.07. The predicted molar refractivity (Wildman–Crippen MR) is 37.9 cm³/mol. The molecule has 0 aromatic carbocycles. The Bertz CT molecular complexity index is 67.5. The smallest absolute Gasteiger partial charge is 0.0619 e. The van der Waals surface area contributed by atoms with Crippen LogP contribution in [0.15, 0.2) is 0 Å². The Balaban J connectivity index is 0.000000640. The molecule has 3 N–H and O–H groups in total. The highest BCUT2D eigenvalue weighted by Gasteiger charge is 2.12. The molecule has 0 amide bonds. The highest BCUT2D eigenvalue weighted by Crippen LogP contribution is 2.00. The first kappa shape index (κ1) is 8.88. The highest BCUT2D eigenvalue weighted by molar-refractivity contribution is 4.65. The van der Waals surface area contributed by atoms with Gasteiger partial charge in [-0.1, -0.05) is 0 Å². The standard InChI is InChI=1S/C6H13NO.H3N/c1-6-5-8-4-3-7(6)2;/h6H,3-5H2,1-2H3;1H3. The van der Waals surface area contributed by atoms with Crippen LogP contribution in [0.3, 0.4) is 0 Å². The average Bonchev–Trinajstić information content (AvgIpc) is 1.77. The van der Waals surface area contributed by atoms with E-state index in [0.29, 0.717) is 6.04 Å². The van der Waals surface area contributed by atoms with Crippen LogP contribution in [-0.2, 0) is 4.74 Å². The van der Waals surface area contributed by atoms with Crippen molar-refractivity contribution in [3.8, 4) is 0 Å². The van der Waals surface area contributed by atoms with Gasteiger partial charge in [0.2, 0.25) is 0 Å². The molecule has 0 aromatic heterocycles.